The molecule has 0 aliphatic carbocycles. The summed E-state index contributed by atoms with van der Waals surface area (Å²) in [6.07, 6.45) is -0.699. The van der Waals surface area contributed by atoms with Gasteiger partial charge >= 0.3 is 12.1 Å². The number of nitrogens with one attached hydrogen (secondary N) is 1. The Bertz CT molecular complexity index is 836. The molecular formula is C21H28F2N2O5. The van der Waals surface area contributed by atoms with Crippen LogP contribution in [0.2, 0.25) is 0 Å². The molecule has 1 atom stereocenters. The van der Waals surface area contributed by atoms with Crippen LogP contribution in [0.3, 0.4) is 0 Å². The molecule has 1 fully saturated rings. The third kappa shape index (κ3) is 5.90. The second-order valence-corrected chi connectivity index (χ2v) is 8.18. The lowest BCUT2D eigenvalue weighted by Gasteiger charge is -2.24. The van der Waals surface area contributed by atoms with Gasteiger partial charge in [-0.15, -0.1) is 0 Å². The van der Waals surface area contributed by atoms with Crippen molar-refractivity contribution in [2.45, 2.75) is 59.1 Å². The van der Waals surface area contributed by atoms with Gasteiger partial charge in [0.2, 0.25) is 0 Å². The van der Waals surface area contributed by atoms with E-state index >= 15 is 0 Å². The zero-order chi connectivity index (χ0) is 22.6. The van der Waals surface area contributed by atoms with Gasteiger partial charge in [-0.3, -0.25) is 9.59 Å². The number of halogens is 2. The van der Waals surface area contributed by atoms with Gasteiger partial charge in [-0.25, -0.2) is 13.6 Å². The molecule has 1 aromatic rings. The van der Waals surface area contributed by atoms with Crippen LogP contribution >= 0.6 is 0 Å². The zero-order valence-electron chi connectivity index (χ0n) is 17.9. The Morgan fingerprint density at radius 2 is 1.93 bits per heavy atom. The van der Waals surface area contributed by atoms with Crippen LogP contribution in [0.25, 0.3) is 0 Å². The van der Waals surface area contributed by atoms with Crippen LogP contribution in [0, 0.1) is 18.6 Å². The highest BCUT2D eigenvalue weighted by Crippen LogP contribution is 2.32. The quantitative estimate of drug-likeness (QED) is 0.426. The van der Waals surface area contributed by atoms with Crippen molar-refractivity contribution in [3.05, 3.63) is 28.8 Å². The molecule has 2 rings (SSSR count). The predicted molar refractivity (Wildman–Crippen MR) is 107 cm³/mol. The predicted octanol–water partition coefficient (Wildman–Crippen LogP) is 3.51. The molecule has 30 heavy (non-hydrogen) atoms. The van der Waals surface area contributed by atoms with Gasteiger partial charge in [0.15, 0.2) is 5.78 Å². The number of hydrogen-bond donors (Lipinski definition) is 1. The molecule has 0 bridgehead atoms. The Balaban J connectivity index is 2.14. The Morgan fingerprint density at radius 1 is 1.27 bits per heavy atom. The largest absolute Gasteiger partial charge is 0.466 e. The second-order valence-electron chi connectivity index (χ2n) is 8.18. The number of ether oxygens (including phenoxy) is 2. The minimum absolute atomic E-state index is 0.0277. The highest BCUT2D eigenvalue weighted by Gasteiger charge is 2.31. The molecule has 0 aromatic heterocycles. The summed E-state index contributed by atoms with van der Waals surface area (Å²) in [6, 6.07) is 0.528. The van der Waals surface area contributed by atoms with E-state index in [0.717, 1.165) is 6.07 Å². The molecule has 1 N–H and O–H groups in total. The average Bonchev–Trinajstić information content (AvgIpc) is 3.04. The number of Topliss-reactive ketones (excluding diaryl/α,β-unsaturated/α-hetero) is 1. The summed E-state index contributed by atoms with van der Waals surface area (Å²) < 4.78 is 39.5. The van der Waals surface area contributed by atoms with E-state index in [1.165, 1.54) is 6.92 Å². The minimum Gasteiger partial charge on any atom is -0.466 e. The summed E-state index contributed by atoms with van der Waals surface area (Å²) in [7, 11) is 0. The van der Waals surface area contributed by atoms with Gasteiger partial charge in [-0.05, 0) is 47.1 Å². The van der Waals surface area contributed by atoms with Crippen molar-refractivity contribution >= 4 is 23.5 Å². The number of rotatable bonds is 6. The fourth-order valence-electron chi connectivity index (χ4n) is 3.33. The summed E-state index contributed by atoms with van der Waals surface area (Å²) >= 11 is 0. The maximum atomic E-state index is 14.8. The number of ketones is 1. The molecular weight excluding hydrogens is 398 g/mol. The van der Waals surface area contributed by atoms with E-state index in [1.54, 1.807) is 32.6 Å². The maximum absolute atomic E-state index is 14.8. The summed E-state index contributed by atoms with van der Waals surface area (Å²) in [5, 5.41) is 2.73. The number of nitrogens with zero attached hydrogens (tertiary/aromatic N) is 1. The van der Waals surface area contributed by atoms with Crippen LogP contribution in [0.15, 0.2) is 6.07 Å². The summed E-state index contributed by atoms with van der Waals surface area (Å²) in [4.78, 5) is 37.2. The van der Waals surface area contributed by atoms with Crippen molar-refractivity contribution < 1.29 is 32.6 Å². The highest BCUT2D eigenvalue weighted by atomic mass is 19.1. The normalized spacial score (nSPS) is 16.4. The van der Waals surface area contributed by atoms with Crippen molar-refractivity contribution in [1.82, 2.24) is 5.32 Å². The van der Waals surface area contributed by atoms with Crippen LogP contribution in [0.4, 0.5) is 19.3 Å². The van der Waals surface area contributed by atoms with E-state index in [0.29, 0.717) is 13.0 Å². The maximum Gasteiger partial charge on any atom is 0.407 e. The SMILES string of the molecule is CCOC(=O)CC(=O)c1cc(F)c(N2CCC(NC(=O)OC(C)(C)C)C2)c(C)c1F. The van der Waals surface area contributed by atoms with Gasteiger partial charge in [0.25, 0.3) is 0 Å². The third-order valence-electron chi connectivity index (χ3n) is 4.55. The van der Waals surface area contributed by atoms with E-state index in [-0.39, 0.29) is 30.4 Å². The lowest BCUT2D eigenvalue weighted by Crippen LogP contribution is -2.40. The minimum atomic E-state index is -0.871. The number of alkyl carbamates (subject to hydrolysis) is 1. The Hall–Kier alpha value is -2.71. The van der Waals surface area contributed by atoms with Crippen LogP contribution in [0.1, 0.15) is 56.5 Å². The first-order valence-corrected chi connectivity index (χ1v) is 9.84. The molecule has 0 saturated carbocycles. The molecule has 1 unspecified atom stereocenters. The number of anilines is 1. The van der Waals surface area contributed by atoms with E-state index in [1.807, 2.05) is 0 Å². The Kier molecular flexibility index (Phi) is 7.39. The molecule has 7 nitrogen and oxygen atoms in total. The molecule has 0 spiro atoms. The van der Waals surface area contributed by atoms with Crippen LogP contribution in [0.5, 0.6) is 0 Å². The highest BCUT2D eigenvalue weighted by molar-refractivity contribution is 6.06. The van der Waals surface area contributed by atoms with Crippen LogP contribution < -0.4 is 10.2 Å². The molecule has 1 saturated heterocycles. The first kappa shape index (κ1) is 23.6. The standard InChI is InChI=1S/C21H28F2N2O5/c1-6-29-17(27)10-16(26)14-9-15(22)19(12(2)18(14)23)25-8-7-13(11-25)24-20(28)30-21(3,4)5/h9,13H,6-8,10-11H2,1-5H3,(H,24,28). The monoisotopic (exact) mass is 426 g/mol. The van der Waals surface area contributed by atoms with E-state index < -0.39 is 47.1 Å². The van der Waals surface area contributed by atoms with Gasteiger partial charge in [-0.2, -0.15) is 0 Å². The molecule has 9 heteroatoms. The van der Waals surface area contributed by atoms with Crippen molar-refractivity contribution in [1.29, 1.82) is 0 Å². The topological polar surface area (TPSA) is 84.9 Å². The number of benzene rings is 1. The average molecular weight is 426 g/mol. The molecule has 1 aromatic carbocycles. The Labute approximate surface area is 174 Å². The van der Waals surface area contributed by atoms with Crippen molar-refractivity contribution in [3.63, 3.8) is 0 Å². The van der Waals surface area contributed by atoms with Gasteiger partial charge in [0.05, 0.1) is 23.9 Å². The van der Waals surface area contributed by atoms with Crippen molar-refractivity contribution in [2.75, 3.05) is 24.6 Å². The lowest BCUT2D eigenvalue weighted by molar-refractivity contribution is -0.141. The van der Waals surface area contributed by atoms with E-state index in [9.17, 15) is 23.2 Å². The molecule has 1 amide bonds. The van der Waals surface area contributed by atoms with Crippen LogP contribution in [-0.2, 0) is 14.3 Å². The number of amides is 1. The molecule has 166 valence electrons. The van der Waals surface area contributed by atoms with Crippen molar-refractivity contribution in [2.24, 2.45) is 0 Å². The lowest BCUT2D eigenvalue weighted by atomic mass is 10.0. The number of carbonyl (C=O) groups excluding carboxylic acids is 3. The number of carbonyl (C=O) groups is 3. The fourth-order valence-corrected chi connectivity index (χ4v) is 3.33. The number of hydrogen-bond acceptors (Lipinski definition) is 6. The second kappa shape index (κ2) is 9.40. The molecule has 1 heterocycles. The summed E-state index contributed by atoms with van der Waals surface area (Å²) in [5.74, 6) is -3.27. The van der Waals surface area contributed by atoms with Gasteiger partial charge < -0.3 is 19.7 Å². The number of esters is 1. The van der Waals surface area contributed by atoms with Gasteiger partial charge in [0, 0.05) is 18.7 Å². The van der Waals surface area contributed by atoms with E-state index in [4.69, 9.17) is 4.74 Å². The Morgan fingerprint density at radius 3 is 2.53 bits per heavy atom. The van der Waals surface area contributed by atoms with Gasteiger partial charge in [-0.1, -0.05) is 0 Å². The van der Waals surface area contributed by atoms with Crippen LogP contribution in [-0.4, -0.2) is 49.2 Å². The summed E-state index contributed by atoms with van der Waals surface area (Å²) in [5.41, 5.74) is -1.11. The molecule has 1 aliphatic rings. The molecule has 1 aliphatic heterocycles. The van der Waals surface area contributed by atoms with E-state index in [2.05, 4.69) is 10.1 Å². The van der Waals surface area contributed by atoms with Gasteiger partial charge in [0.1, 0.15) is 23.7 Å². The first-order valence-electron chi connectivity index (χ1n) is 9.84. The third-order valence-corrected chi connectivity index (χ3v) is 4.55. The van der Waals surface area contributed by atoms with Crippen molar-refractivity contribution in [3.8, 4) is 0 Å². The molecule has 0 radical (unpaired) electrons. The first-order chi connectivity index (χ1) is 13.9. The smallest absolute Gasteiger partial charge is 0.407 e. The summed E-state index contributed by atoms with van der Waals surface area (Å²) in [6.45, 7) is 8.97. The zero-order valence-corrected chi connectivity index (χ0v) is 17.9. The fraction of sp³-hybridized carbons (Fsp3) is 0.571.